The Morgan fingerprint density at radius 2 is 1.74 bits per heavy atom. The lowest BCUT2D eigenvalue weighted by molar-refractivity contribution is 0.163. The van der Waals surface area contributed by atoms with E-state index in [0.717, 1.165) is 6.04 Å². The molecule has 1 unspecified atom stereocenters. The van der Waals surface area contributed by atoms with Gasteiger partial charge in [-0.1, -0.05) is 39.0 Å². The Balaban J connectivity index is 0.000000861. The highest BCUT2D eigenvalue weighted by Crippen LogP contribution is 2.18. The number of piperidine rings is 1. The third-order valence-electron chi connectivity index (χ3n) is 3.89. The molecule has 1 aliphatic heterocycles. The number of anilines is 1. The highest BCUT2D eigenvalue weighted by Gasteiger charge is 2.21. The van der Waals surface area contributed by atoms with Crippen LogP contribution < -0.4 is 5.32 Å². The van der Waals surface area contributed by atoms with Gasteiger partial charge in [0, 0.05) is 30.9 Å². The minimum atomic E-state index is 0.651. The lowest BCUT2D eigenvalue weighted by atomic mass is 10.0. The summed E-state index contributed by atoms with van der Waals surface area (Å²) in [4.78, 5) is 2.61. The molecule has 0 radical (unpaired) electrons. The molecule has 1 heterocycles. The van der Waals surface area contributed by atoms with Crippen LogP contribution in [0.15, 0.2) is 30.3 Å². The van der Waals surface area contributed by atoms with Gasteiger partial charge in [0.05, 0.1) is 0 Å². The molecule has 0 saturated carbocycles. The number of likely N-dealkylation sites (tertiary alicyclic amines) is 1. The Morgan fingerprint density at radius 3 is 2.26 bits per heavy atom. The van der Waals surface area contributed by atoms with E-state index in [1.54, 1.807) is 0 Å². The first-order chi connectivity index (χ1) is 9.29. The van der Waals surface area contributed by atoms with Crippen molar-refractivity contribution in [2.75, 3.05) is 18.4 Å². The van der Waals surface area contributed by atoms with Crippen molar-refractivity contribution in [3.05, 3.63) is 30.3 Å². The van der Waals surface area contributed by atoms with Gasteiger partial charge in [0.2, 0.25) is 0 Å². The highest BCUT2D eigenvalue weighted by molar-refractivity contribution is 5.43. The number of benzene rings is 1. The lowest BCUT2D eigenvalue weighted by Gasteiger charge is -2.36. The predicted octanol–water partition coefficient (Wildman–Crippen LogP) is 4.39. The van der Waals surface area contributed by atoms with E-state index in [2.05, 4.69) is 54.4 Å². The average molecular weight is 262 g/mol. The molecule has 1 aromatic rings. The minimum Gasteiger partial charge on any atom is -0.382 e. The fourth-order valence-corrected chi connectivity index (χ4v) is 2.51. The first-order valence-electron chi connectivity index (χ1n) is 7.85. The van der Waals surface area contributed by atoms with Gasteiger partial charge in [0.15, 0.2) is 0 Å². The van der Waals surface area contributed by atoms with Gasteiger partial charge < -0.3 is 10.2 Å². The summed E-state index contributed by atoms with van der Waals surface area (Å²) in [6, 6.07) is 12.0. The zero-order chi connectivity index (χ0) is 14.1. The molecule has 19 heavy (non-hydrogen) atoms. The molecule has 2 rings (SSSR count). The maximum atomic E-state index is 3.63. The van der Waals surface area contributed by atoms with Crippen LogP contribution in [0.25, 0.3) is 0 Å². The predicted molar refractivity (Wildman–Crippen MR) is 85.8 cm³/mol. The van der Waals surface area contributed by atoms with Gasteiger partial charge in [-0.2, -0.15) is 0 Å². The zero-order valence-electron chi connectivity index (χ0n) is 13.0. The summed E-state index contributed by atoms with van der Waals surface area (Å²) in [5.74, 6) is 0. The Hall–Kier alpha value is -1.02. The van der Waals surface area contributed by atoms with Crippen LogP contribution in [0, 0.1) is 0 Å². The van der Waals surface area contributed by atoms with Crippen LogP contribution >= 0.6 is 0 Å². The highest BCUT2D eigenvalue weighted by atomic mass is 15.2. The van der Waals surface area contributed by atoms with Gasteiger partial charge in [0.1, 0.15) is 0 Å². The maximum absolute atomic E-state index is 3.63. The summed E-state index contributed by atoms with van der Waals surface area (Å²) in [5, 5.41) is 3.63. The third-order valence-corrected chi connectivity index (χ3v) is 3.89. The second-order valence-corrected chi connectivity index (χ2v) is 5.08. The standard InChI is InChI=1S/C15H24N2.C2H6/c1-3-13(2)17-11-9-15(10-12-17)16-14-7-5-4-6-8-14;1-2/h4-8,13,15-16H,3,9-12H2,1-2H3;1-2H3. The number of rotatable bonds is 4. The van der Waals surface area contributed by atoms with Crippen LogP contribution in [-0.4, -0.2) is 30.1 Å². The molecule has 1 N–H and O–H groups in total. The SMILES string of the molecule is CC.CCC(C)N1CCC(Nc2ccccc2)CC1. The van der Waals surface area contributed by atoms with E-state index in [4.69, 9.17) is 0 Å². The molecule has 0 aliphatic carbocycles. The van der Waals surface area contributed by atoms with Crippen molar-refractivity contribution in [3.63, 3.8) is 0 Å². The molecule has 108 valence electrons. The Labute approximate surface area is 119 Å². The van der Waals surface area contributed by atoms with Crippen LogP contribution in [0.4, 0.5) is 5.69 Å². The lowest BCUT2D eigenvalue weighted by Crippen LogP contribution is -2.43. The molecule has 2 heteroatoms. The molecule has 1 aliphatic rings. The molecule has 1 saturated heterocycles. The van der Waals surface area contributed by atoms with Crippen molar-refractivity contribution < 1.29 is 0 Å². The summed E-state index contributed by atoms with van der Waals surface area (Å²) >= 11 is 0. The molecule has 1 aromatic carbocycles. The van der Waals surface area contributed by atoms with Gasteiger partial charge in [-0.3, -0.25) is 0 Å². The van der Waals surface area contributed by atoms with Crippen LogP contribution in [0.2, 0.25) is 0 Å². The van der Waals surface area contributed by atoms with Gasteiger partial charge in [-0.05, 0) is 38.3 Å². The second kappa shape index (κ2) is 8.98. The van der Waals surface area contributed by atoms with Crippen molar-refractivity contribution in [1.29, 1.82) is 0 Å². The van der Waals surface area contributed by atoms with Crippen molar-refractivity contribution in [3.8, 4) is 0 Å². The summed E-state index contributed by atoms with van der Waals surface area (Å²) in [5.41, 5.74) is 1.26. The third kappa shape index (κ3) is 5.23. The Morgan fingerprint density at radius 1 is 1.16 bits per heavy atom. The van der Waals surface area contributed by atoms with E-state index in [1.807, 2.05) is 13.8 Å². The van der Waals surface area contributed by atoms with Crippen LogP contribution in [-0.2, 0) is 0 Å². The van der Waals surface area contributed by atoms with Gasteiger partial charge in [-0.15, -0.1) is 0 Å². The molecule has 2 nitrogen and oxygen atoms in total. The summed E-state index contributed by atoms with van der Waals surface area (Å²) in [6.07, 6.45) is 3.79. The Kier molecular flexibility index (Phi) is 7.57. The number of nitrogens with one attached hydrogen (secondary N) is 1. The first-order valence-corrected chi connectivity index (χ1v) is 7.85. The van der Waals surface area contributed by atoms with Crippen molar-refractivity contribution in [2.45, 2.75) is 59.0 Å². The normalized spacial score (nSPS) is 18.3. The second-order valence-electron chi connectivity index (χ2n) is 5.08. The zero-order valence-corrected chi connectivity index (χ0v) is 13.0. The molecule has 0 amide bonds. The van der Waals surface area contributed by atoms with Gasteiger partial charge in [-0.25, -0.2) is 0 Å². The van der Waals surface area contributed by atoms with Crippen LogP contribution in [0.5, 0.6) is 0 Å². The number of nitrogens with zero attached hydrogens (tertiary/aromatic N) is 1. The maximum Gasteiger partial charge on any atom is 0.0342 e. The van der Waals surface area contributed by atoms with Crippen LogP contribution in [0.1, 0.15) is 47.0 Å². The molecule has 1 fully saturated rings. The fraction of sp³-hybridized carbons (Fsp3) is 0.647. The topological polar surface area (TPSA) is 15.3 Å². The van der Waals surface area contributed by atoms with E-state index in [-0.39, 0.29) is 0 Å². The van der Waals surface area contributed by atoms with E-state index in [1.165, 1.54) is 38.0 Å². The molecular formula is C17H30N2. The van der Waals surface area contributed by atoms with Gasteiger partial charge >= 0.3 is 0 Å². The number of para-hydroxylation sites is 1. The van der Waals surface area contributed by atoms with Crippen molar-refractivity contribution in [2.24, 2.45) is 0 Å². The quantitative estimate of drug-likeness (QED) is 0.866. The monoisotopic (exact) mass is 262 g/mol. The van der Waals surface area contributed by atoms with E-state index in [9.17, 15) is 0 Å². The number of hydrogen-bond donors (Lipinski definition) is 1. The van der Waals surface area contributed by atoms with E-state index < -0.39 is 0 Å². The van der Waals surface area contributed by atoms with Crippen LogP contribution in [0.3, 0.4) is 0 Å². The summed E-state index contributed by atoms with van der Waals surface area (Å²) in [6.45, 7) is 11.1. The van der Waals surface area contributed by atoms with Crippen molar-refractivity contribution in [1.82, 2.24) is 4.90 Å². The smallest absolute Gasteiger partial charge is 0.0342 e. The number of hydrogen-bond acceptors (Lipinski definition) is 2. The molecule has 1 atom stereocenters. The average Bonchev–Trinajstić information content (AvgIpc) is 2.50. The van der Waals surface area contributed by atoms with E-state index >= 15 is 0 Å². The molecule has 0 aromatic heterocycles. The van der Waals surface area contributed by atoms with Crippen molar-refractivity contribution >= 4 is 5.69 Å². The largest absolute Gasteiger partial charge is 0.382 e. The summed E-state index contributed by atoms with van der Waals surface area (Å²) in [7, 11) is 0. The van der Waals surface area contributed by atoms with E-state index in [0.29, 0.717) is 6.04 Å². The Bertz CT molecular complexity index is 315. The molecule has 0 bridgehead atoms. The molecular weight excluding hydrogens is 232 g/mol. The molecule has 0 spiro atoms. The summed E-state index contributed by atoms with van der Waals surface area (Å²) < 4.78 is 0. The fourth-order valence-electron chi connectivity index (χ4n) is 2.51. The van der Waals surface area contributed by atoms with Gasteiger partial charge in [0.25, 0.3) is 0 Å². The minimum absolute atomic E-state index is 0.651. The first kappa shape index (κ1) is 16.0.